The highest BCUT2D eigenvalue weighted by atomic mass is 79.9. The minimum Gasteiger partial charge on any atom is -0.490 e. The topological polar surface area (TPSA) is 85.7 Å². The quantitative estimate of drug-likeness (QED) is 0.369. The minimum absolute atomic E-state index is 0.378. The van der Waals surface area contributed by atoms with E-state index in [0.717, 1.165) is 10.2 Å². The number of aryl methyl sites for hydroxylation is 1. The molecule has 0 aliphatic carbocycles. The van der Waals surface area contributed by atoms with Gasteiger partial charge in [-0.3, -0.25) is 4.79 Å². The summed E-state index contributed by atoms with van der Waals surface area (Å²) in [6.07, 6.45) is 1.43. The zero-order valence-corrected chi connectivity index (χ0v) is 19.8. The van der Waals surface area contributed by atoms with Crippen LogP contribution in [0.2, 0.25) is 0 Å². The lowest BCUT2D eigenvalue weighted by molar-refractivity contribution is 0.269. The third kappa shape index (κ3) is 5.06. The lowest BCUT2D eigenvalue weighted by atomic mass is 10.1. The van der Waals surface area contributed by atoms with Gasteiger partial charge in [0.2, 0.25) is 0 Å². The molecule has 33 heavy (non-hydrogen) atoms. The summed E-state index contributed by atoms with van der Waals surface area (Å²) in [5.74, 6) is 1.11. The molecule has 1 heterocycles. The van der Waals surface area contributed by atoms with Crippen molar-refractivity contribution in [3.05, 3.63) is 103 Å². The van der Waals surface area contributed by atoms with Crippen LogP contribution in [-0.4, -0.2) is 22.5 Å². The van der Waals surface area contributed by atoms with E-state index in [9.17, 15) is 9.59 Å². The fourth-order valence-electron chi connectivity index (χ4n) is 3.25. The fraction of sp³-hybridized carbons (Fsp3) is 0.160. The van der Waals surface area contributed by atoms with Crippen LogP contribution in [-0.2, 0) is 6.61 Å². The Hall–Kier alpha value is -3.65. The number of hydrogen-bond donors (Lipinski definition) is 1. The molecule has 0 aliphatic heterocycles. The van der Waals surface area contributed by atoms with Gasteiger partial charge in [-0.25, -0.2) is 4.79 Å². The number of aromatic amines is 1. The molecule has 0 aliphatic rings. The number of benzene rings is 3. The minimum atomic E-state index is -0.617. The molecule has 8 heteroatoms. The van der Waals surface area contributed by atoms with Crippen molar-refractivity contribution < 1.29 is 9.47 Å². The SMILES string of the molecule is CCOc1cc(C=Nn2c(=O)[nH]c3ccccc3c2=O)c(Br)cc1OCc1ccc(C)cc1. The number of ether oxygens (including phenoxy) is 2. The monoisotopic (exact) mass is 507 g/mol. The second kappa shape index (κ2) is 9.87. The van der Waals surface area contributed by atoms with E-state index in [-0.39, 0.29) is 0 Å². The van der Waals surface area contributed by atoms with E-state index in [1.165, 1.54) is 11.8 Å². The summed E-state index contributed by atoms with van der Waals surface area (Å²) in [5, 5.41) is 4.51. The summed E-state index contributed by atoms with van der Waals surface area (Å²) in [6, 6.07) is 18.4. The molecule has 7 nitrogen and oxygen atoms in total. The molecule has 0 saturated carbocycles. The first-order valence-electron chi connectivity index (χ1n) is 10.4. The summed E-state index contributed by atoms with van der Waals surface area (Å²) < 4.78 is 13.2. The highest BCUT2D eigenvalue weighted by molar-refractivity contribution is 9.10. The van der Waals surface area contributed by atoms with E-state index in [1.54, 1.807) is 36.4 Å². The van der Waals surface area contributed by atoms with Crippen LogP contribution in [0, 0.1) is 6.92 Å². The van der Waals surface area contributed by atoms with Crippen LogP contribution in [0.1, 0.15) is 23.6 Å². The van der Waals surface area contributed by atoms with Gasteiger partial charge in [-0.05, 0) is 59.6 Å². The molecule has 168 valence electrons. The number of aromatic nitrogens is 2. The summed E-state index contributed by atoms with van der Waals surface area (Å²) in [6.45, 7) is 4.76. The first kappa shape index (κ1) is 22.5. The molecule has 0 bridgehead atoms. The normalized spacial score (nSPS) is 11.2. The van der Waals surface area contributed by atoms with Crippen LogP contribution in [0.3, 0.4) is 0 Å². The molecule has 3 aromatic carbocycles. The Balaban J connectivity index is 1.64. The van der Waals surface area contributed by atoms with Gasteiger partial charge in [0.15, 0.2) is 11.5 Å². The molecule has 1 N–H and O–H groups in total. The predicted octanol–water partition coefficient (Wildman–Crippen LogP) is 4.62. The molecular formula is C25H22BrN3O4. The zero-order valence-electron chi connectivity index (χ0n) is 18.2. The first-order valence-corrected chi connectivity index (χ1v) is 11.2. The van der Waals surface area contributed by atoms with Gasteiger partial charge in [0, 0.05) is 10.0 Å². The van der Waals surface area contributed by atoms with Crippen molar-refractivity contribution in [2.75, 3.05) is 6.61 Å². The van der Waals surface area contributed by atoms with Crippen LogP contribution < -0.4 is 20.7 Å². The standard InChI is InChI=1S/C25H22BrN3O4/c1-3-32-22-12-18(20(26)13-23(22)33-15-17-10-8-16(2)9-11-17)14-27-29-24(30)19-6-4-5-7-21(19)28-25(29)31/h4-14H,3,15H2,1-2H3,(H,28,31). The van der Waals surface area contributed by atoms with Crippen molar-refractivity contribution in [3.63, 3.8) is 0 Å². The lowest BCUT2D eigenvalue weighted by Crippen LogP contribution is -2.32. The van der Waals surface area contributed by atoms with Crippen molar-refractivity contribution in [1.82, 2.24) is 9.66 Å². The van der Waals surface area contributed by atoms with Gasteiger partial charge >= 0.3 is 5.69 Å². The summed E-state index contributed by atoms with van der Waals surface area (Å²) in [4.78, 5) is 27.7. The van der Waals surface area contributed by atoms with Crippen LogP contribution in [0.25, 0.3) is 10.9 Å². The highest BCUT2D eigenvalue weighted by Crippen LogP contribution is 2.34. The fourth-order valence-corrected chi connectivity index (χ4v) is 3.68. The number of halogens is 1. The Morgan fingerprint density at radius 2 is 1.76 bits per heavy atom. The van der Waals surface area contributed by atoms with Crippen molar-refractivity contribution in [3.8, 4) is 11.5 Å². The number of H-pyrrole nitrogens is 1. The van der Waals surface area contributed by atoms with E-state index >= 15 is 0 Å². The molecule has 0 radical (unpaired) electrons. The summed E-state index contributed by atoms with van der Waals surface area (Å²) >= 11 is 3.52. The van der Waals surface area contributed by atoms with Crippen molar-refractivity contribution >= 4 is 33.0 Å². The smallest absolute Gasteiger partial charge is 0.349 e. The van der Waals surface area contributed by atoms with E-state index in [4.69, 9.17) is 9.47 Å². The van der Waals surface area contributed by atoms with Crippen molar-refractivity contribution in [2.45, 2.75) is 20.5 Å². The van der Waals surface area contributed by atoms with Gasteiger partial charge in [-0.1, -0.05) is 42.0 Å². The van der Waals surface area contributed by atoms with Gasteiger partial charge in [-0.15, -0.1) is 4.68 Å². The Morgan fingerprint density at radius 1 is 1.03 bits per heavy atom. The maximum Gasteiger partial charge on any atom is 0.349 e. The Morgan fingerprint density at radius 3 is 2.52 bits per heavy atom. The number of para-hydroxylation sites is 1. The molecule has 0 unspecified atom stereocenters. The molecule has 0 spiro atoms. The predicted molar refractivity (Wildman–Crippen MR) is 133 cm³/mol. The summed E-state index contributed by atoms with van der Waals surface area (Å²) in [7, 11) is 0. The van der Waals surface area contributed by atoms with Gasteiger partial charge in [0.25, 0.3) is 5.56 Å². The largest absolute Gasteiger partial charge is 0.490 e. The number of hydrogen-bond acceptors (Lipinski definition) is 5. The average molecular weight is 508 g/mol. The number of rotatable bonds is 7. The van der Waals surface area contributed by atoms with Gasteiger partial charge < -0.3 is 14.5 Å². The van der Waals surface area contributed by atoms with Gasteiger partial charge in [-0.2, -0.15) is 5.10 Å². The van der Waals surface area contributed by atoms with Crippen LogP contribution >= 0.6 is 15.9 Å². The molecule has 0 saturated heterocycles. The molecule has 1 aromatic heterocycles. The second-order valence-corrected chi connectivity index (χ2v) is 8.22. The molecule has 0 atom stereocenters. The highest BCUT2D eigenvalue weighted by Gasteiger charge is 2.12. The maximum atomic E-state index is 12.7. The van der Waals surface area contributed by atoms with Crippen molar-refractivity contribution in [1.29, 1.82) is 0 Å². The Bertz CT molecular complexity index is 1440. The molecule has 0 fully saturated rings. The maximum absolute atomic E-state index is 12.7. The van der Waals surface area contributed by atoms with Gasteiger partial charge in [0.05, 0.1) is 23.7 Å². The zero-order chi connectivity index (χ0) is 23.4. The molecule has 4 aromatic rings. The van der Waals surface area contributed by atoms with Gasteiger partial charge in [0.1, 0.15) is 6.61 Å². The second-order valence-electron chi connectivity index (χ2n) is 7.37. The Kier molecular flexibility index (Phi) is 6.74. The lowest BCUT2D eigenvalue weighted by Gasteiger charge is -2.14. The van der Waals surface area contributed by atoms with E-state index in [2.05, 4.69) is 26.0 Å². The average Bonchev–Trinajstić information content (AvgIpc) is 2.80. The first-order chi connectivity index (χ1) is 16.0. The Labute approximate surface area is 198 Å². The molecule has 0 amide bonds. The number of fused-ring (bicyclic) bond motifs is 1. The molecular weight excluding hydrogens is 486 g/mol. The van der Waals surface area contributed by atoms with E-state index in [1.807, 2.05) is 38.1 Å². The van der Waals surface area contributed by atoms with Crippen LogP contribution in [0.4, 0.5) is 0 Å². The number of nitrogens with one attached hydrogen (secondary N) is 1. The number of nitrogens with zero attached hydrogens (tertiary/aromatic N) is 2. The van der Waals surface area contributed by atoms with Crippen molar-refractivity contribution in [2.24, 2.45) is 5.10 Å². The third-order valence-corrected chi connectivity index (χ3v) is 5.66. The van der Waals surface area contributed by atoms with E-state index < -0.39 is 11.2 Å². The summed E-state index contributed by atoms with van der Waals surface area (Å²) in [5.41, 5.74) is 2.21. The van der Waals surface area contributed by atoms with Crippen LogP contribution in [0.15, 0.2) is 79.8 Å². The van der Waals surface area contributed by atoms with Crippen LogP contribution in [0.5, 0.6) is 11.5 Å². The third-order valence-electron chi connectivity index (χ3n) is 4.97. The molecule has 4 rings (SSSR count). The van der Waals surface area contributed by atoms with E-state index in [0.29, 0.717) is 45.7 Å².